The Morgan fingerprint density at radius 2 is 1.79 bits per heavy atom. The number of rotatable bonds is 7. The van der Waals surface area contributed by atoms with Crippen LogP contribution in [0.3, 0.4) is 0 Å². The van der Waals surface area contributed by atoms with Crippen LogP contribution in [0, 0.1) is 6.92 Å². The molecule has 2 aromatic carbocycles. The van der Waals surface area contributed by atoms with Crippen LogP contribution in [0.25, 0.3) is 0 Å². The first-order valence-corrected chi connectivity index (χ1v) is 8.29. The second-order valence-electron chi connectivity index (χ2n) is 5.55. The smallest absolute Gasteiger partial charge is 0.251 e. The van der Waals surface area contributed by atoms with Crippen LogP contribution in [-0.2, 0) is 11.2 Å². The van der Waals surface area contributed by atoms with Crippen molar-refractivity contribution in [3.05, 3.63) is 70.2 Å². The molecule has 2 N–H and O–H groups in total. The summed E-state index contributed by atoms with van der Waals surface area (Å²) in [6.07, 6.45) is 0.981. The van der Waals surface area contributed by atoms with Gasteiger partial charge in [-0.05, 0) is 42.7 Å². The van der Waals surface area contributed by atoms with Crippen molar-refractivity contribution >= 4 is 23.4 Å². The van der Waals surface area contributed by atoms with E-state index in [9.17, 15) is 9.59 Å². The van der Waals surface area contributed by atoms with Crippen LogP contribution in [0.5, 0.6) is 0 Å². The molecule has 0 aliphatic carbocycles. The van der Waals surface area contributed by atoms with E-state index in [0.29, 0.717) is 23.7 Å². The maximum Gasteiger partial charge on any atom is 0.251 e. The van der Waals surface area contributed by atoms with E-state index in [-0.39, 0.29) is 18.2 Å². The summed E-state index contributed by atoms with van der Waals surface area (Å²) in [5.74, 6) is -0.234. The molecular formula is C19H21ClN2O2. The summed E-state index contributed by atoms with van der Waals surface area (Å²) in [6.45, 7) is 2.75. The first-order chi connectivity index (χ1) is 11.6. The summed E-state index contributed by atoms with van der Waals surface area (Å²) >= 11 is 5.92. The first-order valence-electron chi connectivity index (χ1n) is 7.91. The zero-order valence-electron chi connectivity index (χ0n) is 13.6. The minimum Gasteiger partial charge on any atom is -0.356 e. The van der Waals surface area contributed by atoms with Crippen LogP contribution in [0.2, 0.25) is 5.02 Å². The molecule has 0 aliphatic rings. The predicted molar refractivity (Wildman–Crippen MR) is 96.3 cm³/mol. The second-order valence-corrected chi connectivity index (χ2v) is 5.99. The summed E-state index contributed by atoms with van der Waals surface area (Å²) < 4.78 is 0. The van der Waals surface area contributed by atoms with Crippen LogP contribution in [0.4, 0.5) is 0 Å². The lowest BCUT2D eigenvalue weighted by Gasteiger charge is -2.08. The minimum atomic E-state index is -0.153. The third kappa shape index (κ3) is 5.70. The number of halogens is 1. The molecule has 0 spiro atoms. The van der Waals surface area contributed by atoms with Crippen molar-refractivity contribution in [3.63, 3.8) is 0 Å². The molecule has 0 atom stereocenters. The molecule has 0 saturated carbocycles. The highest BCUT2D eigenvalue weighted by Crippen LogP contribution is 2.10. The van der Waals surface area contributed by atoms with E-state index >= 15 is 0 Å². The van der Waals surface area contributed by atoms with Gasteiger partial charge in [0.1, 0.15) is 0 Å². The number of benzene rings is 2. The van der Waals surface area contributed by atoms with Gasteiger partial charge >= 0.3 is 0 Å². The number of nitrogens with one attached hydrogen (secondary N) is 2. The van der Waals surface area contributed by atoms with Crippen LogP contribution >= 0.6 is 11.6 Å². The fraction of sp³-hybridized carbons (Fsp3) is 0.263. The highest BCUT2D eigenvalue weighted by molar-refractivity contribution is 6.30. The van der Waals surface area contributed by atoms with Crippen LogP contribution < -0.4 is 10.6 Å². The van der Waals surface area contributed by atoms with Crippen molar-refractivity contribution in [2.45, 2.75) is 19.8 Å². The molecule has 0 aromatic heterocycles. The third-order valence-corrected chi connectivity index (χ3v) is 3.89. The molecule has 2 aromatic rings. The first kappa shape index (κ1) is 18.0. The van der Waals surface area contributed by atoms with E-state index < -0.39 is 0 Å². The summed E-state index contributed by atoms with van der Waals surface area (Å²) in [4.78, 5) is 23.8. The van der Waals surface area contributed by atoms with Gasteiger partial charge in [0.05, 0.1) is 0 Å². The van der Waals surface area contributed by atoms with E-state index in [2.05, 4.69) is 10.6 Å². The lowest BCUT2D eigenvalue weighted by Crippen LogP contribution is -2.31. The summed E-state index contributed by atoms with van der Waals surface area (Å²) in [7, 11) is 0. The zero-order valence-corrected chi connectivity index (χ0v) is 14.4. The van der Waals surface area contributed by atoms with Gasteiger partial charge < -0.3 is 10.6 Å². The average molecular weight is 345 g/mol. The highest BCUT2D eigenvalue weighted by atomic mass is 35.5. The summed E-state index contributed by atoms with van der Waals surface area (Å²) in [5.41, 5.74) is 2.63. The van der Waals surface area contributed by atoms with Crippen molar-refractivity contribution in [2.75, 3.05) is 13.1 Å². The third-order valence-electron chi connectivity index (χ3n) is 3.65. The van der Waals surface area contributed by atoms with E-state index in [1.165, 1.54) is 0 Å². The molecule has 0 unspecified atom stereocenters. The molecule has 0 aliphatic heterocycles. The van der Waals surface area contributed by atoms with Crippen molar-refractivity contribution in [1.82, 2.24) is 10.6 Å². The zero-order chi connectivity index (χ0) is 17.4. The van der Waals surface area contributed by atoms with Gasteiger partial charge in [-0.2, -0.15) is 0 Å². The van der Waals surface area contributed by atoms with Crippen LogP contribution in [-0.4, -0.2) is 24.9 Å². The summed E-state index contributed by atoms with van der Waals surface area (Å²) in [6, 6.07) is 14.9. The Hall–Kier alpha value is -2.33. The Balaban J connectivity index is 1.66. The minimum absolute atomic E-state index is 0.0814. The number of hydrogen-bond acceptors (Lipinski definition) is 2. The molecule has 4 nitrogen and oxygen atoms in total. The SMILES string of the molecule is Cc1ccccc1C(=O)NCCC(=O)NCCc1cccc(Cl)c1. The van der Waals surface area contributed by atoms with Gasteiger partial charge in [-0.1, -0.05) is 41.9 Å². The van der Waals surface area contributed by atoms with E-state index in [0.717, 1.165) is 17.5 Å². The normalized spacial score (nSPS) is 10.2. The number of carbonyl (C=O) groups excluding carboxylic acids is 2. The maximum atomic E-state index is 12.0. The Morgan fingerprint density at radius 3 is 2.54 bits per heavy atom. The molecule has 24 heavy (non-hydrogen) atoms. The Morgan fingerprint density at radius 1 is 1.00 bits per heavy atom. The fourth-order valence-corrected chi connectivity index (χ4v) is 2.55. The van der Waals surface area contributed by atoms with Gasteiger partial charge in [0.25, 0.3) is 5.91 Å². The quantitative estimate of drug-likeness (QED) is 0.810. The van der Waals surface area contributed by atoms with Gasteiger partial charge in [-0.15, -0.1) is 0 Å². The standard InChI is InChI=1S/C19H21ClN2O2/c1-14-5-2-3-8-17(14)19(24)22-12-10-18(23)21-11-9-15-6-4-7-16(20)13-15/h2-8,13H,9-12H2,1H3,(H,21,23)(H,22,24). The fourth-order valence-electron chi connectivity index (χ4n) is 2.34. The topological polar surface area (TPSA) is 58.2 Å². The van der Waals surface area contributed by atoms with Gasteiger partial charge in [-0.25, -0.2) is 0 Å². The van der Waals surface area contributed by atoms with E-state index in [4.69, 9.17) is 11.6 Å². The molecule has 0 saturated heterocycles. The Labute approximate surface area is 147 Å². The maximum absolute atomic E-state index is 12.0. The molecule has 0 fully saturated rings. The molecule has 0 heterocycles. The molecule has 5 heteroatoms. The highest BCUT2D eigenvalue weighted by Gasteiger charge is 2.08. The van der Waals surface area contributed by atoms with E-state index in [1.54, 1.807) is 6.07 Å². The molecule has 126 valence electrons. The predicted octanol–water partition coefficient (Wildman–Crippen LogP) is 3.13. The molecular weight excluding hydrogens is 324 g/mol. The van der Waals surface area contributed by atoms with Crippen LogP contribution in [0.15, 0.2) is 48.5 Å². The Kier molecular flexibility index (Phi) is 6.82. The molecule has 0 radical (unpaired) electrons. The summed E-state index contributed by atoms with van der Waals surface area (Å²) in [5, 5.41) is 6.30. The Bertz CT molecular complexity index is 716. The van der Waals surface area contributed by atoms with Crippen molar-refractivity contribution in [1.29, 1.82) is 0 Å². The van der Waals surface area contributed by atoms with Gasteiger partial charge in [0, 0.05) is 30.1 Å². The molecule has 2 amide bonds. The van der Waals surface area contributed by atoms with Crippen LogP contribution in [0.1, 0.15) is 27.9 Å². The lowest BCUT2D eigenvalue weighted by molar-refractivity contribution is -0.120. The average Bonchev–Trinajstić information content (AvgIpc) is 2.55. The number of hydrogen-bond donors (Lipinski definition) is 2. The van der Waals surface area contributed by atoms with E-state index in [1.807, 2.05) is 49.4 Å². The molecule has 0 bridgehead atoms. The van der Waals surface area contributed by atoms with Crippen molar-refractivity contribution < 1.29 is 9.59 Å². The number of aryl methyl sites for hydroxylation is 1. The monoisotopic (exact) mass is 344 g/mol. The number of carbonyl (C=O) groups is 2. The second kappa shape index (κ2) is 9.08. The number of amides is 2. The largest absolute Gasteiger partial charge is 0.356 e. The lowest BCUT2D eigenvalue weighted by atomic mass is 10.1. The van der Waals surface area contributed by atoms with Gasteiger partial charge in [-0.3, -0.25) is 9.59 Å². The molecule has 2 rings (SSSR count). The van der Waals surface area contributed by atoms with Crippen molar-refractivity contribution in [3.8, 4) is 0 Å². The van der Waals surface area contributed by atoms with Gasteiger partial charge in [0.15, 0.2) is 0 Å². The van der Waals surface area contributed by atoms with Crippen molar-refractivity contribution in [2.24, 2.45) is 0 Å². The van der Waals surface area contributed by atoms with Gasteiger partial charge in [0.2, 0.25) is 5.91 Å².